The van der Waals surface area contributed by atoms with Gasteiger partial charge in [-0.05, 0) is 39.0 Å². The van der Waals surface area contributed by atoms with Gasteiger partial charge in [0.25, 0.3) is 0 Å². The fraction of sp³-hybridized carbons (Fsp3) is 0.261. The van der Waals surface area contributed by atoms with Crippen LogP contribution in [0, 0.1) is 6.92 Å². The Bertz CT molecular complexity index is 1220. The summed E-state index contributed by atoms with van der Waals surface area (Å²) in [6.45, 7) is 6.00. The molecule has 1 aliphatic heterocycles. The topological polar surface area (TPSA) is 69.0 Å². The molecule has 0 bridgehead atoms. The molecule has 152 valence electrons. The smallest absolute Gasteiger partial charge is 0.226 e. The van der Waals surface area contributed by atoms with Gasteiger partial charge in [0.05, 0.1) is 22.0 Å². The summed E-state index contributed by atoms with van der Waals surface area (Å²) in [5.41, 5.74) is 3.84. The number of anilines is 1. The van der Waals surface area contributed by atoms with Crippen molar-refractivity contribution in [2.75, 3.05) is 5.32 Å². The number of ether oxygens (including phenoxy) is 1. The zero-order valence-corrected chi connectivity index (χ0v) is 17.9. The van der Waals surface area contributed by atoms with Gasteiger partial charge in [0.15, 0.2) is 0 Å². The normalized spacial score (nSPS) is 16.0. The summed E-state index contributed by atoms with van der Waals surface area (Å²) in [4.78, 5) is 17.4. The van der Waals surface area contributed by atoms with E-state index in [0.717, 1.165) is 37.9 Å². The minimum atomic E-state index is -0.119. The Labute approximate surface area is 178 Å². The van der Waals surface area contributed by atoms with Crippen molar-refractivity contribution < 1.29 is 9.53 Å². The Morgan fingerprint density at radius 1 is 1.17 bits per heavy atom. The summed E-state index contributed by atoms with van der Waals surface area (Å²) in [6.07, 6.45) is 0.410. The van der Waals surface area contributed by atoms with Crippen molar-refractivity contribution in [1.82, 2.24) is 14.8 Å². The van der Waals surface area contributed by atoms with E-state index in [1.807, 2.05) is 69.3 Å². The molecule has 2 aromatic heterocycles. The van der Waals surface area contributed by atoms with Crippen LogP contribution >= 0.6 is 11.3 Å². The maximum atomic E-state index is 12.7. The van der Waals surface area contributed by atoms with Gasteiger partial charge in [-0.3, -0.25) is 4.79 Å². The quantitative estimate of drug-likeness (QED) is 0.503. The average molecular weight is 419 g/mol. The summed E-state index contributed by atoms with van der Waals surface area (Å²) >= 11 is 1.56. The van der Waals surface area contributed by atoms with Gasteiger partial charge < -0.3 is 10.1 Å². The predicted molar refractivity (Wildman–Crippen MR) is 119 cm³/mol. The van der Waals surface area contributed by atoms with Crippen molar-refractivity contribution in [2.24, 2.45) is 0 Å². The third-order valence-corrected chi connectivity index (χ3v) is 6.24. The molecule has 1 N–H and O–H groups in total. The van der Waals surface area contributed by atoms with Crippen LogP contribution in [0.2, 0.25) is 0 Å². The molecule has 1 aliphatic rings. The number of amides is 1. The number of para-hydroxylation sites is 2. The van der Waals surface area contributed by atoms with E-state index in [2.05, 4.69) is 5.32 Å². The van der Waals surface area contributed by atoms with Crippen LogP contribution in [-0.2, 0) is 4.79 Å². The number of hydrogen-bond acceptors (Lipinski definition) is 5. The number of rotatable bonds is 4. The van der Waals surface area contributed by atoms with E-state index in [-0.39, 0.29) is 17.9 Å². The molecular weight excluding hydrogens is 396 g/mol. The fourth-order valence-corrected chi connectivity index (χ4v) is 4.96. The molecule has 0 radical (unpaired) electrons. The molecule has 7 heteroatoms. The van der Waals surface area contributed by atoms with E-state index in [1.165, 1.54) is 0 Å². The molecule has 0 aliphatic carbocycles. The summed E-state index contributed by atoms with van der Waals surface area (Å²) < 4.78 is 8.91. The second kappa shape index (κ2) is 7.25. The van der Waals surface area contributed by atoms with Gasteiger partial charge >= 0.3 is 0 Å². The Kier molecular flexibility index (Phi) is 4.55. The van der Waals surface area contributed by atoms with E-state index >= 15 is 0 Å². The lowest BCUT2D eigenvalue weighted by molar-refractivity contribution is -0.116. The van der Waals surface area contributed by atoms with Crippen molar-refractivity contribution in [3.63, 3.8) is 0 Å². The van der Waals surface area contributed by atoms with Crippen LogP contribution in [0.1, 0.15) is 43.0 Å². The summed E-state index contributed by atoms with van der Waals surface area (Å²) in [6, 6.07) is 16.0. The van der Waals surface area contributed by atoms with Gasteiger partial charge in [-0.2, -0.15) is 9.78 Å². The Morgan fingerprint density at radius 3 is 2.73 bits per heavy atom. The molecule has 3 heterocycles. The monoisotopic (exact) mass is 418 g/mol. The van der Waals surface area contributed by atoms with Crippen LogP contribution in [0.15, 0.2) is 48.5 Å². The highest BCUT2D eigenvalue weighted by Crippen LogP contribution is 2.43. The van der Waals surface area contributed by atoms with Gasteiger partial charge in [-0.1, -0.05) is 41.7 Å². The third kappa shape index (κ3) is 3.15. The average Bonchev–Trinajstić information content (AvgIpc) is 3.28. The van der Waals surface area contributed by atoms with Gasteiger partial charge in [-0.15, -0.1) is 0 Å². The van der Waals surface area contributed by atoms with E-state index in [0.29, 0.717) is 12.2 Å². The van der Waals surface area contributed by atoms with Crippen LogP contribution in [0.3, 0.4) is 0 Å². The van der Waals surface area contributed by atoms with E-state index in [9.17, 15) is 4.79 Å². The predicted octanol–water partition coefficient (Wildman–Crippen LogP) is 5.05. The standard InChI is InChI=1S/C23H22N4O2S/c1-13(2)29-18-10-6-4-8-15(18)16-12-20(28)25-22-21(16)14(3)26-27(22)23-24-17-9-5-7-11-19(17)30-23/h4-11,13,16H,12H2,1-3H3,(H,25,28)/t16-/m1/s1. The van der Waals surface area contributed by atoms with Crippen molar-refractivity contribution in [1.29, 1.82) is 0 Å². The van der Waals surface area contributed by atoms with Crippen LogP contribution in [-0.4, -0.2) is 26.8 Å². The van der Waals surface area contributed by atoms with Crippen LogP contribution < -0.4 is 10.1 Å². The molecule has 30 heavy (non-hydrogen) atoms. The molecule has 5 rings (SSSR count). The molecule has 1 amide bonds. The number of aromatic nitrogens is 3. The number of nitrogens with zero attached hydrogens (tertiary/aromatic N) is 3. The van der Waals surface area contributed by atoms with Crippen LogP contribution in [0.25, 0.3) is 15.3 Å². The summed E-state index contributed by atoms with van der Waals surface area (Å²) in [5.74, 6) is 1.36. The molecule has 6 nitrogen and oxygen atoms in total. The molecule has 4 aromatic rings. The number of benzene rings is 2. The molecule has 0 spiro atoms. The van der Waals surface area contributed by atoms with E-state index < -0.39 is 0 Å². The third-order valence-electron chi connectivity index (χ3n) is 5.22. The lowest BCUT2D eigenvalue weighted by atomic mass is 9.85. The fourth-order valence-electron chi connectivity index (χ4n) is 4.03. The van der Waals surface area contributed by atoms with Gasteiger partial charge in [0.1, 0.15) is 11.6 Å². The Morgan fingerprint density at radius 2 is 1.93 bits per heavy atom. The SMILES string of the molecule is Cc1nn(-c2nc3ccccc3s2)c2c1[C@@H](c1ccccc1OC(C)C)CC(=O)N2. The minimum Gasteiger partial charge on any atom is -0.491 e. The molecule has 0 saturated carbocycles. The number of aryl methyl sites for hydroxylation is 1. The molecule has 0 fully saturated rings. The maximum absolute atomic E-state index is 12.7. The van der Waals surface area contributed by atoms with Crippen molar-refractivity contribution in [2.45, 2.75) is 39.2 Å². The minimum absolute atomic E-state index is 0.0332. The first kappa shape index (κ1) is 18.8. The zero-order valence-electron chi connectivity index (χ0n) is 17.0. The molecule has 2 aromatic carbocycles. The second-order valence-corrected chi connectivity index (χ2v) is 8.74. The number of hydrogen-bond donors (Lipinski definition) is 1. The van der Waals surface area contributed by atoms with Gasteiger partial charge in [0.2, 0.25) is 11.0 Å². The van der Waals surface area contributed by atoms with Crippen molar-refractivity contribution in [3.05, 3.63) is 65.4 Å². The highest BCUT2D eigenvalue weighted by Gasteiger charge is 2.34. The van der Waals surface area contributed by atoms with Gasteiger partial charge in [-0.25, -0.2) is 4.98 Å². The lowest BCUT2D eigenvalue weighted by Crippen LogP contribution is -2.25. The van der Waals surface area contributed by atoms with Gasteiger partial charge in [0, 0.05) is 23.5 Å². The van der Waals surface area contributed by atoms with Crippen LogP contribution in [0.4, 0.5) is 5.82 Å². The number of thiazole rings is 1. The first-order valence-corrected chi connectivity index (χ1v) is 10.8. The first-order chi connectivity index (χ1) is 14.5. The lowest BCUT2D eigenvalue weighted by Gasteiger charge is -2.26. The number of carbonyl (C=O) groups excluding carboxylic acids is 1. The zero-order chi connectivity index (χ0) is 20.8. The summed E-state index contributed by atoms with van der Waals surface area (Å²) in [7, 11) is 0. The largest absolute Gasteiger partial charge is 0.491 e. The number of carbonyl (C=O) groups is 1. The van der Waals surface area contributed by atoms with Crippen molar-refractivity contribution >= 4 is 33.3 Å². The highest BCUT2D eigenvalue weighted by molar-refractivity contribution is 7.20. The number of nitrogens with one attached hydrogen (secondary N) is 1. The molecule has 1 atom stereocenters. The maximum Gasteiger partial charge on any atom is 0.226 e. The van der Waals surface area contributed by atoms with Crippen LogP contribution in [0.5, 0.6) is 5.75 Å². The first-order valence-electron chi connectivity index (χ1n) is 10.0. The van der Waals surface area contributed by atoms with E-state index in [1.54, 1.807) is 16.0 Å². The van der Waals surface area contributed by atoms with E-state index in [4.69, 9.17) is 14.8 Å². The molecular formula is C23H22N4O2S. The molecule has 0 unspecified atom stereocenters. The molecule has 0 saturated heterocycles. The Hall–Kier alpha value is -3.19. The number of fused-ring (bicyclic) bond motifs is 2. The second-order valence-electron chi connectivity index (χ2n) is 7.73. The highest BCUT2D eigenvalue weighted by atomic mass is 32.1. The van der Waals surface area contributed by atoms with Crippen molar-refractivity contribution in [3.8, 4) is 10.9 Å². The Balaban J connectivity index is 1.66. The summed E-state index contributed by atoms with van der Waals surface area (Å²) in [5, 5.41) is 8.55.